The van der Waals surface area contributed by atoms with Crippen LogP contribution in [-0.2, 0) is 28.5 Å². The van der Waals surface area contributed by atoms with E-state index in [1.807, 2.05) is 19.1 Å². The van der Waals surface area contributed by atoms with Crippen molar-refractivity contribution < 1.29 is 62.0 Å². The van der Waals surface area contributed by atoms with Gasteiger partial charge in [-0.15, -0.1) is 0 Å². The molecule has 0 saturated heterocycles. The first-order valence-electron chi connectivity index (χ1n) is 21.7. The third-order valence-electron chi connectivity index (χ3n) is 12.2. The lowest BCUT2D eigenvalue weighted by molar-refractivity contribution is -0.200. The Morgan fingerprint density at radius 2 is 1.07 bits per heavy atom. The second kappa shape index (κ2) is 19.4. The SMILES string of the molecule is C=C(C)C(=O)COC(=O)c1ccc(Oc2ccc(C(=O)OCC(=O)C(=C)C)c(C(=O)Nc3cccc(C(=O)OC45CC6CC(CC(OC(=O)c7cccc(C)c7)(C6)C4)C5)c3)c2)cc1C(=O)NC. The second-order valence-electron chi connectivity index (χ2n) is 17.7. The molecule has 4 aliphatic rings. The minimum Gasteiger partial charge on any atom is -0.457 e. The van der Waals surface area contributed by atoms with E-state index < -0.39 is 71.7 Å². The highest BCUT2D eigenvalue weighted by atomic mass is 16.6. The smallest absolute Gasteiger partial charge is 0.339 e. The molecule has 4 saturated carbocycles. The lowest BCUT2D eigenvalue weighted by Gasteiger charge is -2.60. The number of esters is 4. The van der Waals surface area contributed by atoms with Crippen molar-refractivity contribution in [3.63, 3.8) is 0 Å². The molecule has 4 aliphatic carbocycles. The van der Waals surface area contributed by atoms with Gasteiger partial charge in [-0.2, -0.15) is 0 Å². The predicted molar refractivity (Wildman–Crippen MR) is 243 cm³/mol. The van der Waals surface area contributed by atoms with Gasteiger partial charge < -0.3 is 34.3 Å². The summed E-state index contributed by atoms with van der Waals surface area (Å²) in [5.41, 5.74) is -0.287. The number of hydrogen-bond acceptors (Lipinski definition) is 13. The molecule has 15 heteroatoms. The fourth-order valence-electron chi connectivity index (χ4n) is 9.38. The van der Waals surface area contributed by atoms with Gasteiger partial charge in [-0.25, -0.2) is 19.2 Å². The molecule has 2 atom stereocenters. The van der Waals surface area contributed by atoms with Crippen LogP contribution in [0.1, 0.15) is 120 Å². The Bertz CT molecular complexity index is 2740. The van der Waals surface area contributed by atoms with Crippen LogP contribution in [0, 0.1) is 18.8 Å². The number of benzene rings is 4. The number of hydrogen-bond donors (Lipinski definition) is 2. The maximum absolute atomic E-state index is 14.1. The van der Waals surface area contributed by atoms with Crippen molar-refractivity contribution in [1.82, 2.24) is 5.32 Å². The second-order valence-corrected chi connectivity index (χ2v) is 17.7. The summed E-state index contributed by atoms with van der Waals surface area (Å²) in [6.45, 7) is 10.7. The minimum atomic E-state index is -1.00. The van der Waals surface area contributed by atoms with Gasteiger partial charge in [-0.3, -0.25) is 19.2 Å². The van der Waals surface area contributed by atoms with Crippen molar-refractivity contribution in [2.24, 2.45) is 11.8 Å². The van der Waals surface area contributed by atoms with Crippen molar-refractivity contribution in [3.8, 4) is 11.5 Å². The molecule has 0 heterocycles. The largest absolute Gasteiger partial charge is 0.457 e. The van der Waals surface area contributed by atoms with Gasteiger partial charge in [0.1, 0.15) is 22.7 Å². The van der Waals surface area contributed by atoms with E-state index in [2.05, 4.69) is 23.8 Å². The van der Waals surface area contributed by atoms with Crippen LogP contribution in [0.5, 0.6) is 11.5 Å². The average Bonchev–Trinajstić information content (AvgIpc) is 3.28. The van der Waals surface area contributed by atoms with Crippen LogP contribution < -0.4 is 15.4 Å². The summed E-state index contributed by atoms with van der Waals surface area (Å²) in [6, 6.07) is 21.1. The first-order chi connectivity index (χ1) is 31.8. The number of nitrogens with one attached hydrogen (secondary N) is 2. The van der Waals surface area contributed by atoms with E-state index in [9.17, 15) is 38.4 Å². The highest BCUT2D eigenvalue weighted by molar-refractivity contribution is 6.12. The topological polar surface area (TPSA) is 207 Å². The summed E-state index contributed by atoms with van der Waals surface area (Å²) in [6.07, 6.45) is 4.04. The normalized spacial score (nSPS) is 19.8. The van der Waals surface area contributed by atoms with E-state index in [-0.39, 0.29) is 68.0 Å². The first kappa shape index (κ1) is 47.3. The van der Waals surface area contributed by atoms with Crippen LogP contribution in [0.2, 0.25) is 0 Å². The number of rotatable bonds is 17. The number of anilines is 1. The lowest BCUT2D eigenvalue weighted by atomic mass is 9.52. The molecular formula is C52H50N2O13. The van der Waals surface area contributed by atoms with Crippen LogP contribution in [0.3, 0.4) is 0 Å². The summed E-state index contributed by atoms with van der Waals surface area (Å²) in [5.74, 6) is -4.98. The molecule has 4 bridgehead atoms. The standard InChI is InChI=1S/C52H50N2O13/c1-29(2)43(55)26-63-49(61)39-15-13-37(20-41(39)45(57)53-6)65-38-14-16-40(50(62)64-27-44(56)30(3)4)42(21-38)46(58)54-36-12-8-11-35(19-36)48(60)67-52-24-32-18-33(25-52)23-51(22-32,28-52)66-47(59)34-10-7-9-31(5)17-34/h7-17,19-21,32-33H,1,3,18,22-28H2,2,4-6H3,(H,53,57)(H,54,58). The first-order valence-corrected chi connectivity index (χ1v) is 21.7. The van der Waals surface area contributed by atoms with Gasteiger partial charge in [0.25, 0.3) is 11.8 Å². The molecule has 0 aromatic heterocycles. The van der Waals surface area contributed by atoms with Gasteiger partial charge >= 0.3 is 23.9 Å². The summed E-state index contributed by atoms with van der Waals surface area (Å²) in [4.78, 5) is 105. The maximum atomic E-state index is 14.1. The monoisotopic (exact) mass is 910 g/mol. The van der Waals surface area contributed by atoms with Crippen LogP contribution >= 0.6 is 0 Å². The molecule has 8 rings (SSSR count). The van der Waals surface area contributed by atoms with Crippen LogP contribution in [-0.4, -0.2) is 78.7 Å². The molecule has 4 aromatic rings. The van der Waals surface area contributed by atoms with Gasteiger partial charge in [0.05, 0.1) is 33.4 Å². The molecular weight excluding hydrogens is 861 g/mol. The number of amides is 2. The Balaban J connectivity index is 1.10. The molecule has 0 radical (unpaired) electrons. The number of carbonyl (C=O) groups excluding carboxylic acids is 8. The van der Waals surface area contributed by atoms with Crippen molar-refractivity contribution in [3.05, 3.63) is 148 Å². The van der Waals surface area contributed by atoms with Gasteiger partial charge in [-0.05, 0) is 143 Å². The quantitative estimate of drug-likeness (QED) is 0.0584. The summed E-state index contributed by atoms with van der Waals surface area (Å²) < 4.78 is 29.0. The number of ether oxygens (including phenoxy) is 5. The van der Waals surface area contributed by atoms with Crippen LogP contribution in [0.15, 0.2) is 109 Å². The molecule has 2 amide bonds. The Morgan fingerprint density at radius 1 is 0.597 bits per heavy atom. The van der Waals surface area contributed by atoms with E-state index in [0.717, 1.165) is 12.0 Å². The molecule has 2 N–H and O–H groups in total. The van der Waals surface area contributed by atoms with Gasteiger partial charge in [0, 0.05) is 19.2 Å². The van der Waals surface area contributed by atoms with Gasteiger partial charge in [-0.1, -0.05) is 36.9 Å². The fraction of sp³-hybridized carbons (Fsp3) is 0.308. The fourth-order valence-corrected chi connectivity index (χ4v) is 9.38. The maximum Gasteiger partial charge on any atom is 0.339 e. The third kappa shape index (κ3) is 10.9. The molecule has 15 nitrogen and oxygen atoms in total. The number of aryl methyl sites for hydroxylation is 1. The highest BCUT2D eigenvalue weighted by Crippen LogP contribution is 2.60. The Kier molecular flexibility index (Phi) is 13.7. The van der Waals surface area contributed by atoms with E-state index >= 15 is 0 Å². The van der Waals surface area contributed by atoms with Crippen LogP contribution in [0.25, 0.3) is 0 Å². The van der Waals surface area contributed by atoms with E-state index in [4.69, 9.17) is 23.7 Å². The Morgan fingerprint density at radius 3 is 1.55 bits per heavy atom. The van der Waals surface area contributed by atoms with Crippen molar-refractivity contribution in [2.45, 2.75) is 70.5 Å². The van der Waals surface area contributed by atoms with Crippen molar-refractivity contribution >= 4 is 52.9 Å². The summed E-state index contributed by atoms with van der Waals surface area (Å²) >= 11 is 0. The summed E-state index contributed by atoms with van der Waals surface area (Å²) in [7, 11) is 1.35. The highest BCUT2D eigenvalue weighted by Gasteiger charge is 2.61. The molecule has 4 fully saturated rings. The van der Waals surface area contributed by atoms with Gasteiger partial charge in [0.15, 0.2) is 24.8 Å². The van der Waals surface area contributed by atoms with Crippen molar-refractivity contribution in [2.75, 3.05) is 25.6 Å². The Hall–Kier alpha value is -7.68. The number of ketones is 2. The Labute approximate surface area is 386 Å². The number of carbonyl (C=O) groups is 8. The zero-order valence-corrected chi connectivity index (χ0v) is 37.6. The van der Waals surface area contributed by atoms with E-state index in [1.54, 1.807) is 30.3 Å². The summed E-state index contributed by atoms with van der Waals surface area (Å²) in [5, 5.41) is 5.17. The van der Waals surface area contributed by atoms with E-state index in [0.29, 0.717) is 37.7 Å². The molecule has 0 spiro atoms. The van der Waals surface area contributed by atoms with E-state index in [1.165, 1.54) is 63.4 Å². The molecule has 4 aromatic carbocycles. The van der Waals surface area contributed by atoms with Crippen molar-refractivity contribution in [1.29, 1.82) is 0 Å². The zero-order chi connectivity index (χ0) is 48.2. The predicted octanol–water partition coefficient (Wildman–Crippen LogP) is 8.11. The number of Topliss-reactive ketones (excluding diaryl/α,β-unsaturated/α-hetero) is 2. The molecule has 0 aliphatic heterocycles. The van der Waals surface area contributed by atoms with Crippen LogP contribution in [0.4, 0.5) is 5.69 Å². The van der Waals surface area contributed by atoms with Gasteiger partial charge in [0.2, 0.25) is 0 Å². The average molecular weight is 911 g/mol. The third-order valence-corrected chi connectivity index (χ3v) is 12.2. The lowest BCUT2D eigenvalue weighted by Crippen LogP contribution is -2.61. The molecule has 67 heavy (non-hydrogen) atoms. The zero-order valence-electron chi connectivity index (χ0n) is 37.6. The molecule has 346 valence electrons. The minimum absolute atomic E-state index is 0.0141. The molecule has 2 unspecified atom stereocenters.